The highest BCUT2D eigenvalue weighted by Crippen LogP contribution is 2.47. The van der Waals surface area contributed by atoms with Crippen LogP contribution in [0.2, 0.25) is 0 Å². The number of rotatable bonds is 15. The van der Waals surface area contributed by atoms with E-state index >= 15 is 0 Å². The Bertz CT molecular complexity index is 8560. The Labute approximate surface area is 853 Å². The van der Waals surface area contributed by atoms with Crippen LogP contribution in [0.4, 0.5) is 0 Å². The van der Waals surface area contributed by atoms with Gasteiger partial charge in [-0.15, -0.1) is 0 Å². The molecular weight excluding hydrogens is 1780 g/mol. The molecule has 4 unspecified atom stereocenters. The van der Waals surface area contributed by atoms with Crippen LogP contribution in [0.5, 0.6) is 0 Å². The molecule has 0 spiro atoms. The number of likely N-dealkylation sites (N-methyl/N-ethyl adjacent to an activating group) is 3. The molecule has 14 heterocycles. The zero-order valence-electron chi connectivity index (χ0n) is 83.9. The van der Waals surface area contributed by atoms with E-state index in [-0.39, 0.29) is 0 Å². The van der Waals surface area contributed by atoms with Gasteiger partial charge in [0.05, 0.1) is 61.9 Å². The Morgan fingerprint density at radius 2 is 0.623 bits per heavy atom. The van der Waals surface area contributed by atoms with Crippen LogP contribution < -0.4 is 0 Å². The van der Waals surface area contributed by atoms with Gasteiger partial charge in [-0.2, -0.15) is 0 Å². The molecule has 0 amide bonds. The fourth-order valence-corrected chi connectivity index (χ4v) is 23.1. The monoisotopic (exact) mass is 1900 g/mol. The quantitative estimate of drug-likeness (QED) is 0.0992. The Morgan fingerprint density at radius 3 is 1.09 bits per heavy atom. The minimum absolute atomic E-state index is 0.347. The van der Waals surface area contributed by atoms with Crippen molar-refractivity contribution in [2.45, 2.75) is 90.9 Å². The molecule has 0 bridgehead atoms. The summed E-state index contributed by atoms with van der Waals surface area (Å²) in [7, 11) is 6.69. The van der Waals surface area contributed by atoms with Crippen LogP contribution in [-0.2, 0) is 25.7 Å². The van der Waals surface area contributed by atoms with Crippen LogP contribution in [0.25, 0.3) is 179 Å². The van der Waals surface area contributed by atoms with Gasteiger partial charge in [-0.3, -0.25) is 24.0 Å². The van der Waals surface area contributed by atoms with Crippen LogP contribution in [0.15, 0.2) is 419 Å². The lowest BCUT2D eigenvalue weighted by atomic mass is 9.98. The van der Waals surface area contributed by atoms with E-state index in [0.717, 1.165) is 166 Å². The molecule has 0 fully saturated rings. The van der Waals surface area contributed by atoms with Gasteiger partial charge in [0, 0.05) is 181 Å². The lowest BCUT2D eigenvalue weighted by molar-refractivity contribution is 0.194. The van der Waals surface area contributed by atoms with Gasteiger partial charge in [0.25, 0.3) is 0 Å². The molecule has 13 aromatic carbocycles. The summed E-state index contributed by atoms with van der Waals surface area (Å²) in [4.78, 5) is 35.0. The zero-order chi connectivity index (χ0) is 98.6. The molecule has 0 radical (unpaired) electrons. The topological polar surface area (TPSA) is 106 Å². The van der Waals surface area contributed by atoms with Crippen LogP contribution in [0.3, 0.4) is 0 Å². The van der Waals surface area contributed by atoms with Gasteiger partial charge >= 0.3 is 0 Å². The first kappa shape index (κ1) is 91.9. The van der Waals surface area contributed by atoms with Crippen molar-refractivity contribution in [3.8, 4) is 124 Å². The summed E-state index contributed by atoms with van der Waals surface area (Å²) in [5.41, 5.74) is 41.6. The Hall–Kier alpha value is -16.5. The highest BCUT2D eigenvalue weighted by atomic mass is 15.2. The van der Waals surface area contributed by atoms with Gasteiger partial charge in [-0.25, -0.2) is 24.9 Å². The van der Waals surface area contributed by atoms with Gasteiger partial charge in [-0.05, 0) is 236 Å². The molecule has 0 saturated heterocycles. The summed E-state index contributed by atoms with van der Waals surface area (Å²) < 4.78 is 14.2. The molecule has 23 aromatic rings. The molecule has 0 saturated carbocycles. The largest absolute Gasteiger partial charge is 0.312 e. The minimum Gasteiger partial charge on any atom is -0.312 e. The first-order chi connectivity index (χ1) is 71.8. The summed E-state index contributed by atoms with van der Waals surface area (Å²) in [6.45, 7) is 17.1. The third-order valence-corrected chi connectivity index (χ3v) is 30.9. The van der Waals surface area contributed by atoms with Crippen LogP contribution in [0, 0.1) is 0 Å². The molecular formula is C131H117N15. The normalized spacial score (nSPS) is 15.8. The van der Waals surface area contributed by atoms with E-state index in [0.29, 0.717) is 24.2 Å². The van der Waals surface area contributed by atoms with E-state index in [4.69, 9.17) is 24.9 Å². The maximum absolute atomic E-state index is 5.09. The standard InChI is InChI=1S/C37H34N4.C36H31N3.C32H28N4.C26H24N4/c1-3-22-40-23-21-32-31-19-10-11-20-35(31)41(36(32)26(40)2)30-18-12-17-29(24-30)34-25-33(27-13-6-4-7-14-27)38-37(39-34)28-15-8-5-9-16-28;1-25-36-32(20-21-38(25)2)31-18-9-10-19-35(31)39(36)30-17-11-16-28(22-30)29-23-33(26-12-5-3-6-13-26)37-34(24-29)27-14-7-4-8-15-27;1-22-31-27(19-21-34(22)2)26-12-6-7-13-28(26)36(31)25-17-15-23(16-18-25)30-32(24-10-4-3-5-11-24)35-20-9-8-14-29(35)33-30;1-18-26-22(14-16-28(18)2)21-7-3-4-8-24(21)30(26)20-12-10-19(11-13-20)23-17-29-15-6-5-9-25(29)27-23/h4-20,24-26H,3,21-23H2,1-2H3;3-19,22-25H,20-21H2,1-2H3;3-18,20,22H,19,21H2,1-2H3;3-13,15,17-18H,14,16H2,1-2H3. The number of para-hydroxylation sites is 4. The molecule has 4 atom stereocenters. The smallest absolute Gasteiger partial charge is 0.160 e. The molecule has 4 aliphatic heterocycles. The van der Waals surface area contributed by atoms with Crippen molar-refractivity contribution >= 4 is 54.9 Å². The third-order valence-electron chi connectivity index (χ3n) is 30.9. The van der Waals surface area contributed by atoms with Crippen molar-refractivity contribution in [1.29, 1.82) is 0 Å². The number of benzene rings is 13. The summed E-state index contributed by atoms with van der Waals surface area (Å²) in [6.07, 6.45) is 11.7. The zero-order valence-corrected chi connectivity index (χ0v) is 83.9. The van der Waals surface area contributed by atoms with E-state index in [1.165, 1.54) is 123 Å². The van der Waals surface area contributed by atoms with E-state index < -0.39 is 0 Å². The molecule has 15 heteroatoms. The predicted molar refractivity (Wildman–Crippen MR) is 601 cm³/mol. The Kier molecular flexibility index (Phi) is 25.0. The molecule has 15 nitrogen and oxygen atoms in total. The Morgan fingerprint density at radius 1 is 0.260 bits per heavy atom. The van der Waals surface area contributed by atoms with Crippen LogP contribution >= 0.6 is 0 Å². The summed E-state index contributed by atoms with van der Waals surface area (Å²) >= 11 is 0. The fourth-order valence-electron chi connectivity index (χ4n) is 23.1. The predicted octanol–water partition coefficient (Wildman–Crippen LogP) is 30.0. The van der Waals surface area contributed by atoms with Crippen LogP contribution in [0.1, 0.15) is 110 Å². The van der Waals surface area contributed by atoms with E-state index in [1.807, 2.05) is 54.7 Å². The number of imidazole rings is 2. The molecule has 146 heavy (non-hydrogen) atoms. The van der Waals surface area contributed by atoms with Crippen molar-refractivity contribution < 1.29 is 0 Å². The second-order valence-corrected chi connectivity index (χ2v) is 39.5. The van der Waals surface area contributed by atoms with Crippen molar-refractivity contribution in [2.24, 2.45) is 0 Å². The van der Waals surface area contributed by atoms with Gasteiger partial charge in [0.2, 0.25) is 0 Å². The van der Waals surface area contributed by atoms with E-state index in [9.17, 15) is 0 Å². The number of pyridine rings is 3. The van der Waals surface area contributed by atoms with Crippen molar-refractivity contribution in [1.82, 2.24) is 71.6 Å². The Balaban J connectivity index is 0.000000105. The van der Waals surface area contributed by atoms with Gasteiger partial charge in [0.15, 0.2) is 5.82 Å². The molecule has 716 valence electrons. The van der Waals surface area contributed by atoms with Crippen molar-refractivity contribution in [2.75, 3.05) is 53.9 Å². The molecule has 0 N–H and O–H groups in total. The van der Waals surface area contributed by atoms with Crippen molar-refractivity contribution in [3.63, 3.8) is 0 Å². The van der Waals surface area contributed by atoms with Crippen LogP contribution in [-0.4, -0.2) is 125 Å². The molecule has 4 aliphatic rings. The first-order valence-electron chi connectivity index (χ1n) is 51.7. The lowest BCUT2D eigenvalue weighted by Crippen LogP contribution is -2.35. The van der Waals surface area contributed by atoms with Crippen molar-refractivity contribution in [3.05, 3.63) is 464 Å². The number of fused-ring (bicyclic) bond motifs is 14. The summed E-state index contributed by atoms with van der Waals surface area (Å²) in [5.74, 6) is 0.736. The number of nitrogens with zero attached hydrogens (tertiary/aromatic N) is 15. The molecule has 27 rings (SSSR count). The number of hydrogen-bond donors (Lipinski definition) is 0. The van der Waals surface area contributed by atoms with E-state index in [2.05, 4.69) is 467 Å². The second kappa shape index (κ2) is 39.6. The van der Waals surface area contributed by atoms with Gasteiger partial charge in [0.1, 0.15) is 11.3 Å². The fraction of sp³-hybridized carbons (Fsp3) is 0.168. The SMILES string of the molecule is CC1c2c(c3ccccc3n2-c2ccc(-c3cn4ccccc4n3)cc2)CCN1C.CC1c2c(c3ccccc3n2-c2ccc(-c3nc4ccccn4c3-c3ccccc3)cc2)CCN1C.CC1c2c(c3ccccc3n2-c2cccc(-c3cc(-c4ccccc4)nc(-c4ccccc4)c3)c2)CCN1C.CCCN1CCc2c(n(-c3cccc(-c4cc(-c5ccccc5)nc(-c5ccccc5)n4)c3)c3ccccc23)C1C. The average molecular weight is 1900 g/mol. The van der Waals surface area contributed by atoms with Gasteiger partial charge in [-0.1, -0.05) is 292 Å². The maximum Gasteiger partial charge on any atom is 0.160 e. The highest BCUT2D eigenvalue weighted by Gasteiger charge is 2.35. The lowest BCUT2D eigenvalue weighted by Gasteiger charge is -2.34. The molecule has 0 aliphatic carbocycles. The van der Waals surface area contributed by atoms with Gasteiger partial charge < -0.3 is 22.7 Å². The summed E-state index contributed by atoms with van der Waals surface area (Å²) in [6, 6.07) is 143. The number of hydrogen-bond acceptors (Lipinski definition) is 9. The maximum atomic E-state index is 5.09. The highest BCUT2D eigenvalue weighted by molar-refractivity contribution is 5.93. The minimum atomic E-state index is 0.347. The second-order valence-electron chi connectivity index (χ2n) is 39.5. The first-order valence-corrected chi connectivity index (χ1v) is 51.7. The molecule has 10 aromatic heterocycles. The van der Waals surface area contributed by atoms with E-state index in [1.54, 1.807) is 0 Å². The number of aromatic nitrogens is 11. The summed E-state index contributed by atoms with van der Waals surface area (Å²) in [5, 5.41) is 5.51. The third kappa shape index (κ3) is 17.2. The average Bonchev–Trinajstić information content (AvgIpc) is 1.59.